The van der Waals surface area contributed by atoms with Gasteiger partial charge in [0.25, 0.3) is 5.91 Å². The van der Waals surface area contributed by atoms with Crippen molar-refractivity contribution in [2.75, 3.05) is 19.8 Å². The fraction of sp³-hybridized carbons (Fsp3) is 0.333. The van der Waals surface area contributed by atoms with Gasteiger partial charge < -0.3 is 20.3 Å². The lowest BCUT2D eigenvalue weighted by Gasteiger charge is -2.08. The Kier molecular flexibility index (Phi) is 5.13. The van der Waals surface area contributed by atoms with Gasteiger partial charge in [-0.15, -0.1) is 0 Å². The number of carbonyl (C=O) groups excluding carboxylic acids is 1. The van der Waals surface area contributed by atoms with Crippen molar-refractivity contribution < 1.29 is 24.5 Å². The summed E-state index contributed by atoms with van der Waals surface area (Å²) in [4.78, 5) is 21.9. The third-order valence-electron chi connectivity index (χ3n) is 2.31. The molecular formula is C12H15NO5. The SMILES string of the molecule is Cc1c(O)cccc1C(=O)NCCOCC(=O)O. The van der Waals surface area contributed by atoms with Crippen LogP contribution in [-0.4, -0.2) is 41.8 Å². The summed E-state index contributed by atoms with van der Waals surface area (Å²) in [5.41, 5.74) is 0.884. The van der Waals surface area contributed by atoms with Crippen LogP contribution in [0, 0.1) is 6.92 Å². The van der Waals surface area contributed by atoms with Crippen LogP contribution in [0.25, 0.3) is 0 Å². The number of amides is 1. The molecule has 0 aromatic heterocycles. The highest BCUT2D eigenvalue weighted by Gasteiger charge is 2.10. The number of aromatic hydroxyl groups is 1. The molecule has 18 heavy (non-hydrogen) atoms. The molecule has 0 saturated carbocycles. The van der Waals surface area contributed by atoms with Gasteiger partial charge in [-0.05, 0) is 19.1 Å². The standard InChI is InChI=1S/C12H15NO5/c1-8-9(3-2-4-10(8)14)12(17)13-5-6-18-7-11(15)16/h2-4,14H,5-7H2,1H3,(H,13,17)(H,15,16). The molecule has 1 rings (SSSR count). The molecule has 98 valence electrons. The molecule has 0 radical (unpaired) electrons. The molecule has 0 fully saturated rings. The van der Waals surface area contributed by atoms with E-state index in [1.807, 2.05) is 0 Å². The molecule has 1 aromatic rings. The molecule has 0 saturated heterocycles. The van der Waals surface area contributed by atoms with E-state index < -0.39 is 5.97 Å². The van der Waals surface area contributed by atoms with Crippen molar-refractivity contribution >= 4 is 11.9 Å². The Bertz CT molecular complexity index is 444. The van der Waals surface area contributed by atoms with Crippen LogP contribution in [0.5, 0.6) is 5.75 Å². The number of ether oxygens (including phenoxy) is 1. The van der Waals surface area contributed by atoms with E-state index in [0.29, 0.717) is 11.1 Å². The van der Waals surface area contributed by atoms with E-state index in [4.69, 9.17) is 9.84 Å². The van der Waals surface area contributed by atoms with Gasteiger partial charge in [-0.1, -0.05) is 6.07 Å². The first-order valence-corrected chi connectivity index (χ1v) is 5.38. The maximum Gasteiger partial charge on any atom is 0.329 e. The van der Waals surface area contributed by atoms with Gasteiger partial charge >= 0.3 is 5.97 Å². The molecule has 0 aliphatic carbocycles. The molecule has 6 nitrogen and oxygen atoms in total. The van der Waals surface area contributed by atoms with Gasteiger partial charge in [0, 0.05) is 17.7 Å². The van der Waals surface area contributed by atoms with E-state index >= 15 is 0 Å². The van der Waals surface area contributed by atoms with Crippen LogP contribution in [0.4, 0.5) is 0 Å². The van der Waals surface area contributed by atoms with Crippen molar-refractivity contribution in [2.45, 2.75) is 6.92 Å². The number of hydrogen-bond acceptors (Lipinski definition) is 4. The van der Waals surface area contributed by atoms with Crippen molar-refractivity contribution in [3.05, 3.63) is 29.3 Å². The van der Waals surface area contributed by atoms with Crippen molar-refractivity contribution in [1.82, 2.24) is 5.32 Å². The van der Waals surface area contributed by atoms with Crippen molar-refractivity contribution in [1.29, 1.82) is 0 Å². The Balaban J connectivity index is 2.41. The zero-order valence-corrected chi connectivity index (χ0v) is 9.97. The first-order valence-electron chi connectivity index (χ1n) is 5.38. The smallest absolute Gasteiger partial charge is 0.329 e. The predicted octanol–water partition coefficient (Wildman–Crippen LogP) is 0.532. The summed E-state index contributed by atoms with van der Waals surface area (Å²) in [5, 5.41) is 20.3. The van der Waals surface area contributed by atoms with E-state index in [2.05, 4.69) is 5.32 Å². The van der Waals surface area contributed by atoms with Gasteiger partial charge in [0.05, 0.1) is 6.61 Å². The number of carboxylic acid groups (broad SMARTS) is 1. The van der Waals surface area contributed by atoms with Crippen LogP contribution in [0.15, 0.2) is 18.2 Å². The zero-order chi connectivity index (χ0) is 13.5. The van der Waals surface area contributed by atoms with E-state index in [1.54, 1.807) is 19.1 Å². The topological polar surface area (TPSA) is 95.9 Å². The number of benzene rings is 1. The molecule has 3 N–H and O–H groups in total. The summed E-state index contributed by atoms with van der Waals surface area (Å²) >= 11 is 0. The monoisotopic (exact) mass is 253 g/mol. The van der Waals surface area contributed by atoms with Crippen LogP contribution >= 0.6 is 0 Å². The maximum absolute atomic E-state index is 11.7. The number of aliphatic carboxylic acids is 1. The van der Waals surface area contributed by atoms with Gasteiger partial charge in [0.15, 0.2) is 0 Å². The molecule has 0 atom stereocenters. The average molecular weight is 253 g/mol. The normalized spacial score (nSPS) is 10.1. The highest BCUT2D eigenvalue weighted by atomic mass is 16.5. The summed E-state index contributed by atoms with van der Waals surface area (Å²) in [5.74, 6) is -1.32. The number of carbonyl (C=O) groups is 2. The van der Waals surface area contributed by atoms with Crippen molar-refractivity contribution in [2.24, 2.45) is 0 Å². The second-order valence-corrected chi connectivity index (χ2v) is 3.65. The number of rotatable bonds is 6. The van der Waals surface area contributed by atoms with Crippen LogP contribution in [-0.2, 0) is 9.53 Å². The summed E-state index contributed by atoms with van der Waals surface area (Å²) in [6.45, 7) is 1.59. The molecule has 6 heteroatoms. The minimum Gasteiger partial charge on any atom is -0.508 e. The second kappa shape index (κ2) is 6.61. The number of hydrogen-bond donors (Lipinski definition) is 3. The van der Waals surface area contributed by atoms with Crippen molar-refractivity contribution in [3.63, 3.8) is 0 Å². The Morgan fingerprint density at radius 2 is 2.11 bits per heavy atom. The highest BCUT2D eigenvalue weighted by molar-refractivity contribution is 5.96. The molecule has 0 bridgehead atoms. The number of phenolic OH excluding ortho intramolecular Hbond substituents is 1. The largest absolute Gasteiger partial charge is 0.508 e. The lowest BCUT2D eigenvalue weighted by Crippen LogP contribution is -2.28. The van der Waals surface area contributed by atoms with Gasteiger partial charge in [0.2, 0.25) is 0 Å². The van der Waals surface area contributed by atoms with E-state index in [1.165, 1.54) is 6.07 Å². The van der Waals surface area contributed by atoms with Crippen LogP contribution < -0.4 is 5.32 Å². The van der Waals surface area contributed by atoms with Gasteiger partial charge in [-0.2, -0.15) is 0 Å². The number of carboxylic acids is 1. The number of nitrogens with one attached hydrogen (secondary N) is 1. The lowest BCUT2D eigenvalue weighted by atomic mass is 10.1. The second-order valence-electron chi connectivity index (χ2n) is 3.65. The van der Waals surface area contributed by atoms with E-state index in [0.717, 1.165) is 0 Å². The first-order chi connectivity index (χ1) is 8.52. The minimum absolute atomic E-state index is 0.0600. The summed E-state index contributed by atoms with van der Waals surface area (Å²) in [6.07, 6.45) is 0. The molecule has 0 spiro atoms. The average Bonchev–Trinajstić information content (AvgIpc) is 2.31. The van der Waals surface area contributed by atoms with E-state index in [-0.39, 0.29) is 31.4 Å². The van der Waals surface area contributed by atoms with Crippen LogP contribution in [0.3, 0.4) is 0 Å². The van der Waals surface area contributed by atoms with Crippen LogP contribution in [0.1, 0.15) is 15.9 Å². The molecule has 0 unspecified atom stereocenters. The zero-order valence-electron chi connectivity index (χ0n) is 9.97. The highest BCUT2D eigenvalue weighted by Crippen LogP contribution is 2.19. The predicted molar refractivity (Wildman–Crippen MR) is 63.6 cm³/mol. The summed E-state index contributed by atoms with van der Waals surface area (Å²) in [6, 6.07) is 4.68. The molecule has 0 aliphatic rings. The van der Waals surface area contributed by atoms with Crippen LogP contribution in [0.2, 0.25) is 0 Å². The summed E-state index contributed by atoms with van der Waals surface area (Å²) in [7, 11) is 0. The lowest BCUT2D eigenvalue weighted by molar-refractivity contribution is -0.142. The molecular weight excluding hydrogens is 238 g/mol. The molecule has 0 heterocycles. The Morgan fingerprint density at radius 3 is 2.78 bits per heavy atom. The molecule has 1 aromatic carbocycles. The Hall–Kier alpha value is -2.08. The summed E-state index contributed by atoms with van der Waals surface area (Å²) < 4.78 is 4.77. The van der Waals surface area contributed by atoms with E-state index in [9.17, 15) is 14.7 Å². The third kappa shape index (κ3) is 4.06. The molecule has 1 amide bonds. The van der Waals surface area contributed by atoms with Gasteiger partial charge in [-0.3, -0.25) is 4.79 Å². The first kappa shape index (κ1) is 14.0. The minimum atomic E-state index is -1.05. The fourth-order valence-corrected chi connectivity index (χ4v) is 1.36. The van der Waals surface area contributed by atoms with Gasteiger partial charge in [-0.25, -0.2) is 4.79 Å². The van der Waals surface area contributed by atoms with Crippen molar-refractivity contribution in [3.8, 4) is 5.75 Å². The van der Waals surface area contributed by atoms with Gasteiger partial charge in [0.1, 0.15) is 12.4 Å². The molecule has 0 aliphatic heterocycles. The fourth-order valence-electron chi connectivity index (χ4n) is 1.36. The quantitative estimate of drug-likeness (QED) is 0.643. The Morgan fingerprint density at radius 1 is 1.39 bits per heavy atom. The third-order valence-corrected chi connectivity index (χ3v) is 2.31. The maximum atomic E-state index is 11.7. The number of phenols is 1. The Labute approximate surface area is 104 Å².